The molecule has 2 rings (SSSR count). The molecule has 0 aliphatic rings. The number of benzene rings is 1. The van der Waals surface area contributed by atoms with Gasteiger partial charge in [0.25, 0.3) is 5.91 Å². The summed E-state index contributed by atoms with van der Waals surface area (Å²) in [6.07, 6.45) is 5.90. The molecule has 1 amide bonds. The first-order valence-electron chi connectivity index (χ1n) is 8.72. The molecule has 0 N–H and O–H groups in total. The van der Waals surface area contributed by atoms with Gasteiger partial charge in [0.05, 0.1) is 0 Å². The summed E-state index contributed by atoms with van der Waals surface area (Å²) < 4.78 is 5.73. The number of ether oxygens (including phenoxy) is 1. The van der Waals surface area contributed by atoms with Crippen LogP contribution in [0.1, 0.15) is 49.9 Å². The Hall–Kier alpha value is -2.36. The lowest BCUT2D eigenvalue weighted by atomic mass is 10.1. The van der Waals surface area contributed by atoms with E-state index in [1.807, 2.05) is 35.2 Å². The maximum atomic E-state index is 12.8. The highest BCUT2D eigenvalue weighted by Crippen LogP contribution is 2.21. The minimum atomic E-state index is 0.0726. The Morgan fingerprint density at radius 2 is 1.79 bits per heavy atom. The summed E-state index contributed by atoms with van der Waals surface area (Å²) in [5.74, 6) is 1.23. The number of unbranched alkanes of at least 4 members (excludes halogenated alkanes) is 2. The van der Waals surface area contributed by atoms with Crippen molar-refractivity contribution >= 4 is 5.91 Å². The first kappa shape index (κ1) is 18.0. The van der Waals surface area contributed by atoms with Crippen LogP contribution in [-0.4, -0.2) is 28.9 Å². The van der Waals surface area contributed by atoms with Gasteiger partial charge in [0.2, 0.25) is 5.88 Å². The van der Waals surface area contributed by atoms with Crippen molar-refractivity contribution in [1.29, 1.82) is 0 Å². The molecule has 0 atom stereocenters. The van der Waals surface area contributed by atoms with E-state index in [-0.39, 0.29) is 5.91 Å². The molecule has 0 bridgehead atoms. The van der Waals surface area contributed by atoms with Gasteiger partial charge in [-0.1, -0.05) is 38.8 Å². The monoisotopic (exact) mass is 326 g/mol. The first-order chi connectivity index (χ1) is 11.7. The van der Waals surface area contributed by atoms with Crippen LogP contribution >= 0.6 is 0 Å². The number of amides is 1. The second-order valence-electron chi connectivity index (χ2n) is 5.80. The second kappa shape index (κ2) is 9.71. The Balaban J connectivity index is 2.11. The SMILES string of the molecule is CCCCN(CCCC)C(=O)c1cccc(Oc2ccccn2)c1. The Kier molecular flexibility index (Phi) is 7.27. The lowest BCUT2D eigenvalue weighted by molar-refractivity contribution is 0.0750. The van der Waals surface area contributed by atoms with Crippen LogP contribution in [0.15, 0.2) is 48.7 Å². The lowest BCUT2D eigenvalue weighted by Crippen LogP contribution is -2.32. The Morgan fingerprint density at radius 3 is 2.42 bits per heavy atom. The Morgan fingerprint density at radius 1 is 1.04 bits per heavy atom. The van der Waals surface area contributed by atoms with Crippen molar-refractivity contribution in [1.82, 2.24) is 9.88 Å². The molecule has 0 aliphatic heterocycles. The molecule has 0 unspecified atom stereocenters. The van der Waals surface area contributed by atoms with Crippen LogP contribution in [0.5, 0.6) is 11.6 Å². The maximum Gasteiger partial charge on any atom is 0.253 e. The van der Waals surface area contributed by atoms with E-state index in [2.05, 4.69) is 18.8 Å². The summed E-state index contributed by atoms with van der Waals surface area (Å²) in [7, 11) is 0. The molecule has 24 heavy (non-hydrogen) atoms. The van der Waals surface area contributed by atoms with Crippen molar-refractivity contribution in [3.05, 3.63) is 54.2 Å². The van der Waals surface area contributed by atoms with Gasteiger partial charge in [0.15, 0.2) is 0 Å². The molecule has 1 aromatic carbocycles. The number of pyridine rings is 1. The Bertz CT molecular complexity index is 621. The van der Waals surface area contributed by atoms with E-state index < -0.39 is 0 Å². The van der Waals surface area contributed by atoms with Crippen molar-refractivity contribution < 1.29 is 9.53 Å². The number of carbonyl (C=O) groups excluding carboxylic acids is 1. The van der Waals surface area contributed by atoms with Crippen LogP contribution < -0.4 is 4.74 Å². The molecule has 1 heterocycles. The third-order valence-corrected chi connectivity index (χ3v) is 3.79. The van der Waals surface area contributed by atoms with Gasteiger partial charge >= 0.3 is 0 Å². The summed E-state index contributed by atoms with van der Waals surface area (Å²) in [5, 5.41) is 0. The van der Waals surface area contributed by atoms with Gasteiger partial charge in [-0.15, -0.1) is 0 Å². The molecule has 4 heteroatoms. The van der Waals surface area contributed by atoms with Gasteiger partial charge in [-0.05, 0) is 37.1 Å². The summed E-state index contributed by atoms with van der Waals surface area (Å²) in [5.41, 5.74) is 0.663. The summed E-state index contributed by atoms with van der Waals surface area (Å²) in [6, 6.07) is 12.8. The molecule has 128 valence electrons. The predicted octanol–water partition coefficient (Wildman–Crippen LogP) is 4.92. The minimum Gasteiger partial charge on any atom is -0.439 e. The third-order valence-electron chi connectivity index (χ3n) is 3.79. The molecular weight excluding hydrogens is 300 g/mol. The lowest BCUT2D eigenvalue weighted by Gasteiger charge is -2.22. The first-order valence-corrected chi connectivity index (χ1v) is 8.72. The highest BCUT2D eigenvalue weighted by molar-refractivity contribution is 5.94. The van der Waals surface area contributed by atoms with Gasteiger partial charge in [-0.3, -0.25) is 4.79 Å². The number of nitrogens with zero attached hydrogens (tertiary/aromatic N) is 2. The number of hydrogen-bond acceptors (Lipinski definition) is 3. The summed E-state index contributed by atoms with van der Waals surface area (Å²) in [6.45, 7) is 5.90. The van der Waals surface area contributed by atoms with Gasteiger partial charge in [-0.2, -0.15) is 0 Å². The highest BCUT2D eigenvalue weighted by atomic mass is 16.5. The largest absolute Gasteiger partial charge is 0.439 e. The molecule has 0 spiro atoms. The van der Waals surface area contributed by atoms with E-state index in [1.54, 1.807) is 18.3 Å². The molecule has 4 nitrogen and oxygen atoms in total. The third kappa shape index (κ3) is 5.37. The maximum absolute atomic E-state index is 12.8. The zero-order chi connectivity index (χ0) is 17.2. The zero-order valence-electron chi connectivity index (χ0n) is 14.6. The highest BCUT2D eigenvalue weighted by Gasteiger charge is 2.15. The summed E-state index contributed by atoms with van der Waals surface area (Å²) in [4.78, 5) is 18.9. The van der Waals surface area contributed by atoms with Crippen LogP contribution in [0.4, 0.5) is 0 Å². The van der Waals surface area contributed by atoms with Crippen molar-refractivity contribution in [2.24, 2.45) is 0 Å². The summed E-state index contributed by atoms with van der Waals surface area (Å²) >= 11 is 0. The Labute approximate surface area is 144 Å². The van der Waals surface area contributed by atoms with Crippen LogP contribution in [0.3, 0.4) is 0 Å². The zero-order valence-corrected chi connectivity index (χ0v) is 14.6. The molecule has 0 radical (unpaired) electrons. The van der Waals surface area contributed by atoms with Crippen molar-refractivity contribution in [2.75, 3.05) is 13.1 Å². The average molecular weight is 326 g/mol. The quantitative estimate of drug-likeness (QED) is 0.657. The van der Waals surface area contributed by atoms with E-state index in [0.717, 1.165) is 38.8 Å². The molecule has 0 saturated carbocycles. The number of hydrogen-bond donors (Lipinski definition) is 0. The predicted molar refractivity (Wildman–Crippen MR) is 96.5 cm³/mol. The van der Waals surface area contributed by atoms with Crippen LogP contribution in [-0.2, 0) is 0 Å². The van der Waals surface area contributed by atoms with E-state index in [9.17, 15) is 4.79 Å². The van der Waals surface area contributed by atoms with Crippen molar-refractivity contribution in [2.45, 2.75) is 39.5 Å². The van der Waals surface area contributed by atoms with E-state index in [4.69, 9.17) is 4.74 Å². The van der Waals surface area contributed by atoms with Crippen LogP contribution in [0.2, 0.25) is 0 Å². The molecular formula is C20H26N2O2. The molecule has 1 aromatic heterocycles. The van der Waals surface area contributed by atoms with Crippen molar-refractivity contribution in [3.8, 4) is 11.6 Å². The van der Waals surface area contributed by atoms with Crippen molar-refractivity contribution in [3.63, 3.8) is 0 Å². The molecule has 0 aliphatic carbocycles. The number of aromatic nitrogens is 1. The van der Waals surface area contributed by atoms with E-state index in [1.165, 1.54) is 0 Å². The smallest absolute Gasteiger partial charge is 0.253 e. The fraction of sp³-hybridized carbons (Fsp3) is 0.400. The fourth-order valence-corrected chi connectivity index (χ4v) is 2.42. The second-order valence-corrected chi connectivity index (χ2v) is 5.80. The van der Waals surface area contributed by atoms with E-state index >= 15 is 0 Å². The minimum absolute atomic E-state index is 0.0726. The standard InChI is InChI=1S/C20H26N2O2/c1-3-5-14-22(15-6-4-2)20(23)17-10-9-11-18(16-17)24-19-12-7-8-13-21-19/h7-13,16H,3-6,14-15H2,1-2H3. The number of carbonyl (C=O) groups is 1. The van der Waals surface area contributed by atoms with Gasteiger partial charge in [-0.25, -0.2) is 4.98 Å². The van der Waals surface area contributed by atoms with Gasteiger partial charge < -0.3 is 9.64 Å². The molecule has 0 saturated heterocycles. The molecule has 2 aromatic rings. The van der Waals surface area contributed by atoms with Crippen LogP contribution in [0, 0.1) is 0 Å². The van der Waals surface area contributed by atoms with E-state index in [0.29, 0.717) is 17.2 Å². The van der Waals surface area contributed by atoms with Gasteiger partial charge in [0, 0.05) is 30.9 Å². The van der Waals surface area contributed by atoms with Crippen LogP contribution in [0.25, 0.3) is 0 Å². The fourth-order valence-electron chi connectivity index (χ4n) is 2.42. The normalized spacial score (nSPS) is 10.4. The molecule has 0 fully saturated rings. The number of rotatable bonds is 9. The van der Waals surface area contributed by atoms with Gasteiger partial charge in [0.1, 0.15) is 5.75 Å². The average Bonchev–Trinajstić information content (AvgIpc) is 2.62. The topological polar surface area (TPSA) is 42.4 Å².